The van der Waals surface area contributed by atoms with Gasteiger partial charge in [-0.25, -0.2) is 9.59 Å². The lowest BCUT2D eigenvalue weighted by atomic mass is 10.1. The summed E-state index contributed by atoms with van der Waals surface area (Å²) in [7, 11) is 0. The third-order valence-electron chi connectivity index (χ3n) is 3.26. The Balaban J connectivity index is 1.99. The minimum atomic E-state index is -0.912. The predicted molar refractivity (Wildman–Crippen MR) is 82.6 cm³/mol. The summed E-state index contributed by atoms with van der Waals surface area (Å²) in [6.45, 7) is 5.17. The molecule has 6 nitrogen and oxygen atoms in total. The first kappa shape index (κ1) is 17.0. The van der Waals surface area contributed by atoms with Gasteiger partial charge in [-0.1, -0.05) is 30.3 Å². The molecule has 0 aromatic heterocycles. The number of Topliss-reactive ketones (excluding diaryl/α,β-unsaturated/α-hetero) is 1. The van der Waals surface area contributed by atoms with Crippen molar-refractivity contribution in [1.82, 2.24) is 4.90 Å². The Morgan fingerprint density at radius 3 is 2.48 bits per heavy atom. The van der Waals surface area contributed by atoms with Crippen molar-refractivity contribution in [3.05, 3.63) is 35.9 Å². The molecule has 124 valence electrons. The van der Waals surface area contributed by atoms with Crippen LogP contribution in [0.2, 0.25) is 0 Å². The Morgan fingerprint density at radius 1 is 1.22 bits per heavy atom. The molecule has 1 heterocycles. The van der Waals surface area contributed by atoms with Crippen LogP contribution in [0, 0.1) is 0 Å². The van der Waals surface area contributed by atoms with E-state index in [4.69, 9.17) is 9.47 Å². The molecule has 1 aromatic carbocycles. The maximum atomic E-state index is 12.2. The molecule has 1 aromatic rings. The number of esters is 1. The number of benzene rings is 1. The lowest BCUT2D eigenvalue weighted by molar-refractivity contribution is -0.160. The predicted octanol–water partition coefficient (Wildman–Crippen LogP) is 2.31. The van der Waals surface area contributed by atoms with E-state index in [9.17, 15) is 14.4 Å². The zero-order valence-corrected chi connectivity index (χ0v) is 13.6. The summed E-state index contributed by atoms with van der Waals surface area (Å²) in [5, 5.41) is 0. The van der Waals surface area contributed by atoms with Crippen molar-refractivity contribution in [1.29, 1.82) is 0 Å². The fourth-order valence-electron chi connectivity index (χ4n) is 2.26. The van der Waals surface area contributed by atoms with E-state index in [1.165, 1.54) is 0 Å². The first-order valence-corrected chi connectivity index (χ1v) is 7.48. The average molecular weight is 319 g/mol. The Kier molecular flexibility index (Phi) is 5.03. The van der Waals surface area contributed by atoms with E-state index in [-0.39, 0.29) is 25.4 Å². The normalized spacial score (nSPS) is 18.0. The van der Waals surface area contributed by atoms with E-state index in [1.807, 2.05) is 30.3 Å². The maximum Gasteiger partial charge on any atom is 0.411 e. The van der Waals surface area contributed by atoms with Crippen LogP contribution in [0.15, 0.2) is 30.3 Å². The number of ketones is 1. The molecule has 1 fully saturated rings. The van der Waals surface area contributed by atoms with Crippen LogP contribution in [0.3, 0.4) is 0 Å². The summed E-state index contributed by atoms with van der Waals surface area (Å²) in [5.41, 5.74) is 0.155. The maximum absolute atomic E-state index is 12.2. The summed E-state index contributed by atoms with van der Waals surface area (Å²) >= 11 is 0. The highest BCUT2D eigenvalue weighted by molar-refractivity contribution is 5.95. The van der Waals surface area contributed by atoms with Crippen LogP contribution in [0.25, 0.3) is 0 Å². The van der Waals surface area contributed by atoms with Gasteiger partial charge in [0, 0.05) is 6.42 Å². The zero-order chi connectivity index (χ0) is 17.0. The van der Waals surface area contributed by atoms with Gasteiger partial charge in [0.25, 0.3) is 0 Å². The molecular weight excluding hydrogens is 298 g/mol. The Labute approximate surface area is 135 Å². The molecule has 0 bridgehead atoms. The van der Waals surface area contributed by atoms with Crippen molar-refractivity contribution >= 4 is 17.8 Å². The zero-order valence-electron chi connectivity index (χ0n) is 13.6. The number of carbonyl (C=O) groups is 3. The van der Waals surface area contributed by atoms with Crippen LogP contribution in [0.4, 0.5) is 4.79 Å². The highest BCUT2D eigenvalue weighted by Crippen LogP contribution is 2.20. The van der Waals surface area contributed by atoms with Crippen molar-refractivity contribution in [3.63, 3.8) is 0 Å². The molecule has 1 amide bonds. The van der Waals surface area contributed by atoms with E-state index in [0.717, 1.165) is 10.5 Å². The standard InChI is InChI=1S/C17H21NO5/c1-17(2,3)23-15(20)14-9-13(19)10-18(14)16(21)22-11-12-7-5-4-6-8-12/h4-8,14H,9-11H2,1-3H3. The third-order valence-corrected chi connectivity index (χ3v) is 3.26. The molecule has 1 unspecified atom stereocenters. The van der Waals surface area contributed by atoms with Gasteiger partial charge in [0.05, 0.1) is 6.54 Å². The Morgan fingerprint density at radius 2 is 1.87 bits per heavy atom. The smallest absolute Gasteiger partial charge is 0.411 e. The largest absolute Gasteiger partial charge is 0.458 e. The molecule has 0 radical (unpaired) electrons. The SMILES string of the molecule is CC(C)(C)OC(=O)C1CC(=O)CN1C(=O)OCc1ccccc1. The molecule has 0 saturated carbocycles. The van der Waals surface area contributed by atoms with Crippen LogP contribution in [0.1, 0.15) is 32.8 Å². The highest BCUT2D eigenvalue weighted by atomic mass is 16.6. The lowest BCUT2D eigenvalue weighted by Gasteiger charge is -2.26. The molecule has 23 heavy (non-hydrogen) atoms. The van der Waals surface area contributed by atoms with Crippen molar-refractivity contribution in [2.75, 3.05) is 6.54 Å². The van der Waals surface area contributed by atoms with Gasteiger partial charge in [-0.3, -0.25) is 9.69 Å². The van der Waals surface area contributed by atoms with Gasteiger partial charge in [-0.15, -0.1) is 0 Å². The third kappa shape index (κ3) is 4.81. The van der Waals surface area contributed by atoms with Crippen molar-refractivity contribution in [2.24, 2.45) is 0 Å². The minimum absolute atomic E-state index is 0.0324. The fraction of sp³-hybridized carbons (Fsp3) is 0.471. The summed E-state index contributed by atoms with van der Waals surface area (Å²) in [4.78, 5) is 37.2. The number of carbonyl (C=O) groups excluding carboxylic acids is 3. The molecule has 1 aliphatic rings. The second-order valence-corrected chi connectivity index (χ2v) is 6.46. The average Bonchev–Trinajstić information content (AvgIpc) is 2.86. The van der Waals surface area contributed by atoms with Crippen molar-refractivity contribution in [3.8, 4) is 0 Å². The molecule has 1 aliphatic heterocycles. The molecule has 0 N–H and O–H groups in total. The first-order valence-electron chi connectivity index (χ1n) is 7.48. The highest BCUT2D eigenvalue weighted by Gasteiger charge is 2.41. The Hall–Kier alpha value is -2.37. The minimum Gasteiger partial charge on any atom is -0.458 e. The van der Waals surface area contributed by atoms with Gasteiger partial charge < -0.3 is 9.47 Å². The van der Waals surface area contributed by atoms with Crippen LogP contribution in [0.5, 0.6) is 0 Å². The number of rotatable bonds is 3. The van der Waals surface area contributed by atoms with Crippen LogP contribution in [-0.2, 0) is 25.7 Å². The quantitative estimate of drug-likeness (QED) is 0.799. The molecule has 1 atom stereocenters. The molecule has 0 spiro atoms. The van der Waals surface area contributed by atoms with E-state index >= 15 is 0 Å². The number of amides is 1. The lowest BCUT2D eigenvalue weighted by Crippen LogP contribution is -2.43. The summed E-state index contributed by atoms with van der Waals surface area (Å²) < 4.78 is 10.5. The summed E-state index contributed by atoms with van der Waals surface area (Å²) in [6, 6.07) is 8.29. The molecular formula is C17H21NO5. The van der Waals surface area contributed by atoms with Crippen molar-refractivity contribution in [2.45, 2.75) is 45.4 Å². The summed E-state index contributed by atoms with van der Waals surface area (Å²) in [6.07, 6.45) is -0.717. The number of ether oxygens (including phenoxy) is 2. The van der Waals surface area contributed by atoms with Gasteiger partial charge in [0.1, 0.15) is 18.2 Å². The molecule has 6 heteroatoms. The van der Waals surface area contributed by atoms with Gasteiger partial charge in [-0.2, -0.15) is 0 Å². The molecule has 2 rings (SSSR count). The number of hydrogen-bond acceptors (Lipinski definition) is 5. The van der Waals surface area contributed by atoms with E-state index < -0.39 is 23.7 Å². The summed E-state index contributed by atoms with van der Waals surface area (Å²) in [5.74, 6) is -0.766. The monoisotopic (exact) mass is 319 g/mol. The van der Waals surface area contributed by atoms with Gasteiger partial charge >= 0.3 is 12.1 Å². The van der Waals surface area contributed by atoms with E-state index in [1.54, 1.807) is 20.8 Å². The van der Waals surface area contributed by atoms with Crippen LogP contribution in [-0.4, -0.2) is 40.9 Å². The second kappa shape index (κ2) is 6.81. The number of likely N-dealkylation sites (tertiary alicyclic amines) is 1. The second-order valence-electron chi connectivity index (χ2n) is 6.46. The first-order chi connectivity index (χ1) is 10.8. The van der Waals surface area contributed by atoms with Gasteiger partial charge in [-0.05, 0) is 26.3 Å². The van der Waals surface area contributed by atoms with Crippen LogP contribution >= 0.6 is 0 Å². The molecule has 0 aliphatic carbocycles. The number of nitrogens with zero attached hydrogens (tertiary/aromatic N) is 1. The van der Waals surface area contributed by atoms with Crippen LogP contribution < -0.4 is 0 Å². The Bertz CT molecular complexity index is 591. The molecule has 1 saturated heterocycles. The fourth-order valence-corrected chi connectivity index (χ4v) is 2.26. The van der Waals surface area contributed by atoms with Gasteiger partial charge in [0.15, 0.2) is 5.78 Å². The van der Waals surface area contributed by atoms with Crippen molar-refractivity contribution < 1.29 is 23.9 Å². The van der Waals surface area contributed by atoms with E-state index in [0.29, 0.717) is 0 Å². The van der Waals surface area contributed by atoms with Gasteiger partial charge in [0.2, 0.25) is 0 Å². The topological polar surface area (TPSA) is 72.9 Å². The number of hydrogen-bond donors (Lipinski definition) is 0. The van der Waals surface area contributed by atoms with E-state index in [2.05, 4.69) is 0 Å².